The van der Waals surface area contributed by atoms with Crippen LogP contribution in [0, 0.1) is 28.8 Å². The highest BCUT2D eigenvalue weighted by atomic mass is 19.3. The molecule has 3 heterocycles. The van der Waals surface area contributed by atoms with E-state index in [4.69, 9.17) is 5.26 Å². The maximum atomic E-state index is 16.1. The van der Waals surface area contributed by atoms with Gasteiger partial charge in [0.05, 0.1) is 23.9 Å². The fourth-order valence-corrected chi connectivity index (χ4v) is 5.53. The van der Waals surface area contributed by atoms with Crippen LogP contribution in [0.4, 0.5) is 33.3 Å². The number of aliphatic hydroxyl groups is 1. The number of hydrogen-bond acceptors (Lipinski definition) is 8. The van der Waals surface area contributed by atoms with Gasteiger partial charge in [-0.05, 0) is 64.5 Å². The molecule has 3 aromatic carbocycles. The van der Waals surface area contributed by atoms with Crippen LogP contribution in [0.5, 0.6) is 0 Å². The van der Waals surface area contributed by atoms with Crippen molar-refractivity contribution >= 4 is 11.4 Å². The maximum absolute atomic E-state index is 16.1. The molecule has 6 rings (SSSR count). The Morgan fingerprint density at radius 2 is 1.54 bits per heavy atom. The summed E-state index contributed by atoms with van der Waals surface area (Å²) in [5.74, 6) is -6.96. The molecular formula is C32H25F5N8O. The number of pyridine rings is 1. The Hall–Kier alpha value is -5.42. The number of nitrogens with zero attached hydrogens (tertiary/aromatic N) is 8. The average molecular weight is 633 g/mol. The Kier molecular flexibility index (Phi) is 8.09. The zero-order valence-electron chi connectivity index (χ0n) is 24.0. The summed E-state index contributed by atoms with van der Waals surface area (Å²) in [4.78, 5) is 8.00. The van der Waals surface area contributed by atoms with E-state index in [1.54, 1.807) is 12.1 Å². The largest absolute Gasteiger partial charge is 0.377 e. The molecule has 1 atom stereocenters. The minimum absolute atomic E-state index is 0.265. The molecule has 234 valence electrons. The van der Waals surface area contributed by atoms with E-state index in [1.165, 1.54) is 18.3 Å². The van der Waals surface area contributed by atoms with Gasteiger partial charge in [-0.2, -0.15) is 14.0 Å². The lowest BCUT2D eigenvalue weighted by atomic mass is 9.84. The minimum atomic E-state index is -4.16. The van der Waals surface area contributed by atoms with Gasteiger partial charge in [-0.15, -0.1) is 5.10 Å². The maximum Gasteiger partial charge on any atom is 0.323 e. The monoisotopic (exact) mass is 632 g/mol. The van der Waals surface area contributed by atoms with Gasteiger partial charge in [0, 0.05) is 55.3 Å². The Bertz CT molecular complexity index is 1870. The number of piperazine rings is 1. The molecule has 9 nitrogen and oxygen atoms in total. The minimum Gasteiger partial charge on any atom is -0.377 e. The van der Waals surface area contributed by atoms with Gasteiger partial charge >= 0.3 is 5.92 Å². The van der Waals surface area contributed by atoms with Crippen LogP contribution in [-0.2, 0) is 18.1 Å². The predicted molar refractivity (Wildman–Crippen MR) is 157 cm³/mol. The molecule has 14 heteroatoms. The first-order valence-corrected chi connectivity index (χ1v) is 14.1. The highest BCUT2D eigenvalue weighted by molar-refractivity contribution is 5.66. The summed E-state index contributed by atoms with van der Waals surface area (Å²) in [5, 5.41) is 30.6. The number of rotatable bonds is 8. The van der Waals surface area contributed by atoms with Gasteiger partial charge < -0.3 is 14.9 Å². The third-order valence-electron chi connectivity index (χ3n) is 8.03. The van der Waals surface area contributed by atoms with Crippen molar-refractivity contribution in [3.8, 4) is 17.2 Å². The van der Waals surface area contributed by atoms with E-state index in [1.807, 2.05) is 35.2 Å². The third-order valence-corrected chi connectivity index (χ3v) is 8.03. The van der Waals surface area contributed by atoms with Gasteiger partial charge in [-0.25, -0.2) is 17.9 Å². The molecule has 5 aromatic rings. The van der Waals surface area contributed by atoms with Crippen LogP contribution in [0.1, 0.15) is 16.8 Å². The molecule has 0 aliphatic carbocycles. The number of nitriles is 1. The first-order chi connectivity index (χ1) is 22.1. The average Bonchev–Trinajstić information content (AvgIpc) is 3.57. The van der Waals surface area contributed by atoms with Crippen molar-refractivity contribution in [2.24, 2.45) is 0 Å². The molecule has 0 saturated carbocycles. The number of aromatic nitrogens is 5. The topological polar surface area (TPSA) is 107 Å². The Morgan fingerprint density at radius 1 is 0.826 bits per heavy atom. The third kappa shape index (κ3) is 5.72. The van der Waals surface area contributed by atoms with E-state index >= 15 is 8.78 Å². The predicted octanol–water partition coefficient (Wildman–Crippen LogP) is 5.03. The molecule has 46 heavy (non-hydrogen) atoms. The second kappa shape index (κ2) is 12.2. The van der Waals surface area contributed by atoms with Crippen molar-refractivity contribution < 1.29 is 27.1 Å². The summed E-state index contributed by atoms with van der Waals surface area (Å²) in [6.45, 7) is 1.47. The zero-order chi connectivity index (χ0) is 32.5. The highest BCUT2D eigenvalue weighted by Gasteiger charge is 2.58. The first-order valence-electron chi connectivity index (χ1n) is 14.1. The molecule has 1 aliphatic rings. The van der Waals surface area contributed by atoms with Crippen molar-refractivity contribution in [3.05, 3.63) is 120 Å². The van der Waals surface area contributed by atoms with E-state index < -0.39 is 46.8 Å². The number of hydrogen-bond donors (Lipinski definition) is 1. The van der Waals surface area contributed by atoms with Crippen LogP contribution in [0.25, 0.3) is 11.1 Å². The van der Waals surface area contributed by atoms with Crippen LogP contribution >= 0.6 is 0 Å². The van der Waals surface area contributed by atoms with Gasteiger partial charge in [0.2, 0.25) is 0 Å². The van der Waals surface area contributed by atoms with E-state index in [-0.39, 0.29) is 5.56 Å². The SMILES string of the molecule is N#Cc1ccc(N2CCN(c3ccc(-c4ccc(C(F)(F)[C@](O)(Cn5cnnn5)c5ccc(F)cc5F)nc4)cc3)CC2)c(F)c1. The smallest absolute Gasteiger partial charge is 0.323 e. The molecule has 2 aromatic heterocycles. The molecule has 0 radical (unpaired) electrons. The number of alkyl halides is 2. The van der Waals surface area contributed by atoms with Crippen LogP contribution in [0.2, 0.25) is 0 Å². The summed E-state index contributed by atoms with van der Waals surface area (Å²) in [6, 6.07) is 18.2. The van der Waals surface area contributed by atoms with Crippen LogP contribution in [0.3, 0.4) is 0 Å². The molecule has 0 amide bonds. The molecule has 1 N–H and O–H groups in total. The van der Waals surface area contributed by atoms with Crippen LogP contribution in [-0.4, -0.2) is 56.5 Å². The Balaban J connectivity index is 1.18. The van der Waals surface area contributed by atoms with Crippen LogP contribution in [0.15, 0.2) is 85.3 Å². The summed E-state index contributed by atoms with van der Waals surface area (Å²) in [5.41, 5.74) is -2.07. The van der Waals surface area contributed by atoms with Crippen LogP contribution < -0.4 is 9.80 Å². The van der Waals surface area contributed by atoms with Crippen molar-refractivity contribution in [3.63, 3.8) is 0 Å². The molecule has 1 aliphatic heterocycles. The van der Waals surface area contributed by atoms with Gasteiger partial charge in [0.15, 0.2) is 5.60 Å². The van der Waals surface area contributed by atoms with Gasteiger partial charge in [-0.3, -0.25) is 4.98 Å². The number of halogens is 5. The molecular weight excluding hydrogens is 607 g/mol. The molecule has 1 saturated heterocycles. The molecule has 1 fully saturated rings. The first kappa shape index (κ1) is 30.6. The second-order valence-electron chi connectivity index (χ2n) is 10.8. The van der Waals surface area contributed by atoms with Crippen molar-refractivity contribution in [1.29, 1.82) is 5.26 Å². The molecule has 0 spiro atoms. The second-order valence-corrected chi connectivity index (χ2v) is 10.8. The standard InChI is InChI=1S/C32H25F5N8O/c33-24-5-8-26(27(34)16-24)31(46,19-45-20-40-41-42-45)32(36,37)30-10-4-23(18-39-30)22-2-6-25(7-3-22)43-11-13-44(14-12-43)29-9-1-21(17-38)15-28(29)35/h1-10,15-16,18,20,46H,11-14,19H2/t31-/m0/s1. The number of benzene rings is 3. The van der Waals surface area contributed by atoms with E-state index in [0.717, 1.165) is 34.9 Å². The summed E-state index contributed by atoms with van der Waals surface area (Å²) < 4.78 is 75.8. The Morgan fingerprint density at radius 3 is 2.15 bits per heavy atom. The summed E-state index contributed by atoms with van der Waals surface area (Å²) in [7, 11) is 0. The number of anilines is 2. The summed E-state index contributed by atoms with van der Waals surface area (Å²) >= 11 is 0. The normalized spacial score (nSPS) is 15.0. The fraction of sp³-hybridized carbons (Fsp3) is 0.219. The van der Waals surface area contributed by atoms with Gasteiger partial charge in [-0.1, -0.05) is 18.2 Å². The highest BCUT2D eigenvalue weighted by Crippen LogP contribution is 2.47. The summed E-state index contributed by atoms with van der Waals surface area (Å²) in [6.07, 6.45) is 2.21. The van der Waals surface area contributed by atoms with Crippen molar-refractivity contribution in [2.75, 3.05) is 36.0 Å². The lowest BCUT2D eigenvalue weighted by Gasteiger charge is -2.37. The van der Waals surface area contributed by atoms with Crippen molar-refractivity contribution in [1.82, 2.24) is 25.2 Å². The lowest BCUT2D eigenvalue weighted by Crippen LogP contribution is -2.48. The molecule has 0 unspecified atom stereocenters. The van der Waals surface area contributed by atoms with E-state index in [0.29, 0.717) is 49.1 Å². The van der Waals surface area contributed by atoms with Gasteiger partial charge in [0.25, 0.3) is 0 Å². The van der Waals surface area contributed by atoms with E-state index in [9.17, 15) is 18.3 Å². The van der Waals surface area contributed by atoms with Crippen molar-refractivity contribution in [2.45, 2.75) is 18.1 Å². The quantitative estimate of drug-likeness (QED) is 0.238. The number of tetrazole rings is 1. The zero-order valence-corrected chi connectivity index (χ0v) is 24.0. The van der Waals surface area contributed by atoms with Gasteiger partial charge in [0.1, 0.15) is 29.5 Å². The Labute approximate surface area is 259 Å². The van der Waals surface area contributed by atoms with E-state index in [2.05, 4.69) is 25.4 Å². The lowest BCUT2D eigenvalue weighted by molar-refractivity contribution is -0.207. The fourth-order valence-electron chi connectivity index (χ4n) is 5.53. The molecule has 0 bridgehead atoms.